The minimum absolute atomic E-state index is 0.301. The summed E-state index contributed by atoms with van der Waals surface area (Å²) in [6.45, 7) is 3.66. The molecule has 0 bridgehead atoms. The van der Waals surface area contributed by atoms with E-state index in [4.69, 9.17) is 4.74 Å². The topological polar surface area (TPSA) is 32.7 Å². The summed E-state index contributed by atoms with van der Waals surface area (Å²) in [7, 11) is 2.06. The Hall–Kier alpha value is -1.22. The van der Waals surface area contributed by atoms with Gasteiger partial charge in [-0.25, -0.2) is 0 Å². The molecular weight excluding hydrogens is 178 g/mol. The summed E-state index contributed by atoms with van der Waals surface area (Å²) in [6, 6.07) is 5.67. The van der Waals surface area contributed by atoms with Crippen molar-refractivity contribution in [3.8, 4) is 11.5 Å². The fraction of sp³-hybridized carbons (Fsp3) is 0.455. The van der Waals surface area contributed by atoms with Crippen LogP contribution in [0, 0.1) is 0 Å². The lowest BCUT2D eigenvalue weighted by Gasteiger charge is -2.19. The number of nitrogens with zero attached hydrogens (tertiary/aromatic N) is 1. The first-order valence-electron chi connectivity index (χ1n) is 4.82. The molecule has 0 fully saturated rings. The van der Waals surface area contributed by atoms with E-state index in [1.54, 1.807) is 12.1 Å². The van der Waals surface area contributed by atoms with Gasteiger partial charge in [0, 0.05) is 18.2 Å². The first-order chi connectivity index (χ1) is 6.66. The Morgan fingerprint density at radius 1 is 1.50 bits per heavy atom. The maximum atomic E-state index is 9.36. The third-order valence-corrected chi connectivity index (χ3v) is 2.70. The number of likely N-dealkylation sites (N-methyl/N-ethyl adjacent to an activating group) is 1. The zero-order chi connectivity index (χ0) is 10.1. The number of phenols is 1. The minimum atomic E-state index is 0.301. The van der Waals surface area contributed by atoms with Gasteiger partial charge in [-0.05, 0) is 32.2 Å². The summed E-state index contributed by atoms with van der Waals surface area (Å²) in [4.78, 5) is 2.21. The van der Waals surface area contributed by atoms with Crippen molar-refractivity contribution in [1.29, 1.82) is 0 Å². The second-order valence-corrected chi connectivity index (χ2v) is 3.87. The van der Waals surface area contributed by atoms with Crippen LogP contribution in [0.3, 0.4) is 0 Å². The zero-order valence-corrected chi connectivity index (χ0v) is 8.53. The molecule has 1 heterocycles. The van der Waals surface area contributed by atoms with Crippen LogP contribution in [0.25, 0.3) is 0 Å². The summed E-state index contributed by atoms with van der Waals surface area (Å²) < 4.78 is 5.63. The van der Waals surface area contributed by atoms with Crippen molar-refractivity contribution in [2.75, 3.05) is 13.7 Å². The van der Waals surface area contributed by atoms with E-state index < -0.39 is 0 Å². The molecule has 0 amide bonds. The van der Waals surface area contributed by atoms with Gasteiger partial charge < -0.3 is 9.84 Å². The van der Waals surface area contributed by atoms with Crippen LogP contribution in [-0.4, -0.2) is 29.7 Å². The van der Waals surface area contributed by atoms with E-state index in [0.717, 1.165) is 17.9 Å². The van der Waals surface area contributed by atoms with Crippen molar-refractivity contribution >= 4 is 0 Å². The Kier molecular flexibility index (Phi) is 2.33. The molecule has 14 heavy (non-hydrogen) atoms. The van der Waals surface area contributed by atoms with Gasteiger partial charge in [-0.15, -0.1) is 0 Å². The number of fused-ring (bicyclic) bond motifs is 1. The second-order valence-electron chi connectivity index (χ2n) is 3.87. The Morgan fingerprint density at radius 3 is 3.07 bits per heavy atom. The molecule has 1 aliphatic rings. The van der Waals surface area contributed by atoms with Crippen LogP contribution in [0.4, 0.5) is 0 Å². The van der Waals surface area contributed by atoms with E-state index in [1.807, 2.05) is 6.07 Å². The number of hydrogen-bond acceptors (Lipinski definition) is 3. The molecule has 3 heteroatoms. The average molecular weight is 193 g/mol. The average Bonchev–Trinajstić information content (AvgIpc) is 2.27. The molecule has 1 aromatic rings. The van der Waals surface area contributed by atoms with Crippen LogP contribution in [0.2, 0.25) is 0 Å². The molecule has 1 N–H and O–H groups in total. The number of phenolic OH excluding ortho intramolecular Hbond substituents is 1. The molecule has 0 aliphatic carbocycles. The van der Waals surface area contributed by atoms with Crippen LogP contribution in [-0.2, 0) is 6.54 Å². The van der Waals surface area contributed by atoms with Gasteiger partial charge in [0.2, 0.25) is 0 Å². The van der Waals surface area contributed by atoms with Gasteiger partial charge in [-0.3, -0.25) is 4.90 Å². The van der Waals surface area contributed by atoms with Crippen molar-refractivity contribution in [3.05, 3.63) is 23.8 Å². The van der Waals surface area contributed by atoms with Crippen molar-refractivity contribution in [2.45, 2.75) is 19.5 Å². The summed E-state index contributed by atoms with van der Waals surface area (Å²) >= 11 is 0. The molecule has 0 saturated carbocycles. The lowest BCUT2D eigenvalue weighted by Crippen LogP contribution is -2.31. The SMILES string of the molecule is CC1COc2ccc(O)cc2CN1C. The standard InChI is InChI=1S/C11H15NO2/c1-8-7-14-11-4-3-10(13)5-9(11)6-12(8)2/h3-5,8,13H,6-7H2,1-2H3. The van der Waals surface area contributed by atoms with Crippen LogP contribution in [0.5, 0.6) is 11.5 Å². The Morgan fingerprint density at radius 2 is 2.29 bits per heavy atom. The van der Waals surface area contributed by atoms with Gasteiger partial charge in [-0.2, -0.15) is 0 Å². The van der Waals surface area contributed by atoms with Crippen molar-refractivity contribution < 1.29 is 9.84 Å². The van der Waals surface area contributed by atoms with Crippen molar-refractivity contribution in [1.82, 2.24) is 4.90 Å². The highest BCUT2D eigenvalue weighted by Crippen LogP contribution is 2.27. The predicted molar refractivity (Wildman–Crippen MR) is 54.5 cm³/mol. The van der Waals surface area contributed by atoms with Crippen LogP contribution >= 0.6 is 0 Å². The minimum Gasteiger partial charge on any atom is -0.508 e. The molecule has 1 aliphatic heterocycles. The molecule has 0 spiro atoms. The quantitative estimate of drug-likeness (QED) is 0.679. The van der Waals surface area contributed by atoms with E-state index in [2.05, 4.69) is 18.9 Å². The van der Waals surface area contributed by atoms with E-state index in [-0.39, 0.29) is 0 Å². The van der Waals surface area contributed by atoms with Crippen LogP contribution < -0.4 is 4.74 Å². The van der Waals surface area contributed by atoms with E-state index >= 15 is 0 Å². The van der Waals surface area contributed by atoms with Crippen LogP contribution in [0.15, 0.2) is 18.2 Å². The molecular formula is C11H15NO2. The van der Waals surface area contributed by atoms with Gasteiger partial charge in [-0.1, -0.05) is 0 Å². The number of hydrogen-bond donors (Lipinski definition) is 1. The summed E-state index contributed by atoms with van der Waals surface area (Å²) in [6.07, 6.45) is 0. The summed E-state index contributed by atoms with van der Waals surface area (Å²) in [5, 5.41) is 9.36. The molecule has 0 aromatic heterocycles. The van der Waals surface area contributed by atoms with Gasteiger partial charge >= 0.3 is 0 Å². The van der Waals surface area contributed by atoms with Gasteiger partial charge in [0.1, 0.15) is 18.1 Å². The fourth-order valence-electron chi connectivity index (χ4n) is 1.59. The summed E-state index contributed by atoms with van der Waals surface area (Å²) in [5.74, 6) is 1.19. The van der Waals surface area contributed by atoms with Crippen molar-refractivity contribution in [2.24, 2.45) is 0 Å². The Bertz CT molecular complexity index is 338. The maximum absolute atomic E-state index is 9.36. The molecule has 1 aromatic carbocycles. The van der Waals surface area contributed by atoms with Gasteiger partial charge in [0.15, 0.2) is 0 Å². The first-order valence-corrected chi connectivity index (χ1v) is 4.82. The van der Waals surface area contributed by atoms with Gasteiger partial charge in [0.25, 0.3) is 0 Å². The van der Waals surface area contributed by atoms with Crippen LogP contribution in [0.1, 0.15) is 12.5 Å². The largest absolute Gasteiger partial charge is 0.508 e. The number of ether oxygens (including phenoxy) is 1. The monoisotopic (exact) mass is 193 g/mol. The lowest BCUT2D eigenvalue weighted by molar-refractivity contribution is 0.189. The molecule has 1 unspecified atom stereocenters. The highest BCUT2D eigenvalue weighted by molar-refractivity contribution is 5.40. The lowest BCUT2D eigenvalue weighted by atomic mass is 10.2. The van der Waals surface area contributed by atoms with E-state index in [0.29, 0.717) is 18.4 Å². The first kappa shape index (κ1) is 9.34. The third-order valence-electron chi connectivity index (χ3n) is 2.70. The van der Waals surface area contributed by atoms with Crippen molar-refractivity contribution in [3.63, 3.8) is 0 Å². The zero-order valence-electron chi connectivity index (χ0n) is 8.53. The second kappa shape index (κ2) is 3.50. The molecule has 76 valence electrons. The normalized spacial score (nSPS) is 22.3. The fourth-order valence-corrected chi connectivity index (χ4v) is 1.59. The smallest absolute Gasteiger partial charge is 0.124 e. The molecule has 0 saturated heterocycles. The molecule has 0 radical (unpaired) electrons. The highest BCUT2D eigenvalue weighted by Gasteiger charge is 2.18. The predicted octanol–water partition coefficient (Wildman–Crippen LogP) is 1.60. The number of aromatic hydroxyl groups is 1. The number of rotatable bonds is 0. The summed E-state index contributed by atoms with van der Waals surface area (Å²) in [5.41, 5.74) is 1.05. The molecule has 2 rings (SSSR count). The van der Waals surface area contributed by atoms with E-state index in [1.165, 1.54) is 0 Å². The molecule has 1 atom stereocenters. The number of benzene rings is 1. The maximum Gasteiger partial charge on any atom is 0.124 e. The third kappa shape index (κ3) is 1.68. The Balaban J connectivity index is 2.33. The van der Waals surface area contributed by atoms with Gasteiger partial charge in [0.05, 0.1) is 0 Å². The highest BCUT2D eigenvalue weighted by atomic mass is 16.5. The molecule has 3 nitrogen and oxygen atoms in total. The Labute approximate surface area is 83.9 Å². The van der Waals surface area contributed by atoms with E-state index in [9.17, 15) is 5.11 Å².